The van der Waals surface area contributed by atoms with Crippen molar-refractivity contribution in [2.75, 3.05) is 5.75 Å². The molecule has 0 aliphatic carbocycles. The van der Waals surface area contributed by atoms with E-state index in [0.29, 0.717) is 16.7 Å². The first-order valence-corrected chi connectivity index (χ1v) is 13.3. The van der Waals surface area contributed by atoms with Gasteiger partial charge in [0.25, 0.3) is 23.2 Å². The van der Waals surface area contributed by atoms with Gasteiger partial charge >= 0.3 is 0 Å². The number of hydrogen-bond donors (Lipinski definition) is 3. The Hall–Kier alpha value is -5.30. The Morgan fingerprint density at radius 1 is 0.927 bits per heavy atom. The number of nitrogens with one attached hydrogen (secondary N) is 2. The van der Waals surface area contributed by atoms with E-state index >= 15 is 0 Å². The van der Waals surface area contributed by atoms with Gasteiger partial charge in [-0.15, -0.1) is 0 Å². The number of phenols is 1. The molecule has 13 heteroatoms. The lowest BCUT2D eigenvalue weighted by Crippen LogP contribution is -2.47. The number of nitro groups is 2. The first kappa shape index (κ1) is 28.7. The topological polar surface area (TPSA) is 177 Å². The lowest BCUT2D eigenvalue weighted by atomic mass is 10.0. The number of thioether (sulfide) groups is 1. The molecule has 0 aliphatic heterocycles. The summed E-state index contributed by atoms with van der Waals surface area (Å²) in [5.41, 5.74) is 2.11. The maximum Gasteiger partial charge on any atom is 0.277 e. The van der Waals surface area contributed by atoms with Crippen LogP contribution >= 0.6 is 11.8 Å². The Labute approximate surface area is 237 Å². The van der Waals surface area contributed by atoms with Gasteiger partial charge in [0.1, 0.15) is 11.8 Å². The van der Waals surface area contributed by atoms with Gasteiger partial charge in [-0.25, -0.2) is 5.43 Å². The van der Waals surface area contributed by atoms with Crippen molar-refractivity contribution in [3.63, 3.8) is 0 Å². The van der Waals surface area contributed by atoms with E-state index in [4.69, 9.17) is 0 Å². The summed E-state index contributed by atoms with van der Waals surface area (Å²) < 4.78 is 0. The second kappa shape index (κ2) is 13.2. The molecule has 0 radical (unpaired) electrons. The number of amides is 2. The van der Waals surface area contributed by atoms with Crippen LogP contribution in [0, 0.1) is 20.2 Å². The summed E-state index contributed by atoms with van der Waals surface area (Å²) in [6.07, 6.45) is 1.29. The SMILES string of the molecule is O=C(N[C@@H](CSCc1ccccc1)C(=O)NN=Cc1c(O)ccc2ccccc12)c1cc([N+](=O)[O-])cc([N+](=O)[O-])c1. The van der Waals surface area contributed by atoms with Crippen LogP contribution in [0.5, 0.6) is 5.75 Å². The molecular weight excluding hydrogens is 550 g/mol. The minimum atomic E-state index is -1.16. The van der Waals surface area contributed by atoms with Gasteiger partial charge in [0.15, 0.2) is 0 Å². The summed E-state index contributed by atoms with van der Waals surface area (Å²) in [5, 5.41) is 40.8. The predicted molar refractivity (Wildman–Crippen MR) is 155 cm³/mol. The van der Waals surface area contributed by atoms with Crippen LogP contribution in [0.25, 0.3) is 10.8 Å². The summed E-state index contributed by atoms with van der Waals surface area (Å²) in [4.78, 5) is 46.9. The van der Waals surface area contributed by atoms with E-state index in [1.807, 2.05) is 42.5 Å². The number of benzene rings is 4. The zero-order chi connectivity index (χ0) is 29.4. The summed E-state index contributed by atoms with van der Waals surface area (Å²) in [6, 6.07) is 21.3. The van der Waals surface area contributed by atoms with Crippen LogP contribution in [0.3, 0.4) is 0 Å². The molecule has 0 aliphatic rings. The Morgan fingerprint density at radius 3 is 2.27 bits per heavy atom. The third-order valence-corrected chi connectivity index (χ3v) is 7.03. The third kappa shape index (κ3) is 7.42. The zero-order valence-corrected chi connectivity index (χ0v) is 22.1. The number of non-ortho nitro benzene ring substituents is 2. The number of fused-ring (bicyclic) bond motifs is 1. The molecule has 0 saturated carbocycles. The fourth-order valence-corrected chi connectivity index (χ4v) is 4.90. The highest BCUT2D eigenvalue weighted by atomic mass is 32.2. The summed E-state index contributed by atoms with van der Waals surface area (Å²) >= 11 is 1.35. The summed E-state index contributed by atoms with van der Waals surface area (Å²) in [7, 11) is 0. The molecule has 4 aromatic carbocycles. The second-order valence-corrected chi connectivity index (χ2v) is 9.76. The monoisotopic (exact) mass is 573 g/mol. The number of hydrogen-bond acceptors (Lipinski definition) is 9. The highest BCUT2D eigenvalue weighted by Gasteiger charge is 2.25. The molecule has 0 bridgehead atoms. The van der Waals surface area contributed by atoms with E-state index in [2.05, 4.69) is 15.8 Å². The average molecular weight is 574 g/mol. The molecule has 0 fully saturated rings. The van der Waals surface area contributed by atoms with Gasteiger partial charge in [0, 0.05) is 29.2 Å². The van der Waals surface area contributed by atoms with Gasteiger partial charge in [0.05, 0.1) is 27.7 Å². The molecule has 0 heterocycles. The van der Waals surface area contributed by atoms with Gasteiger partial charge in [-0.2, -0.15) is 16.9 Å². The number of nitrogens with zero attached hydrogens (tertiary/aromatic N) is 3. The second-order valence-electron chi connectivity index (χ2n) is 8.73. The quantitative estimate of drug-likeness (QED) is 0.133. The third-order valence-electron chi connectivity index (χ3n) is 5.92. The van der Waals surface area contributed by atoms with Crippen molar-refractivity contribution < 1.29 is 24.5 Å². The average Bonchev–Trinajstić information content (AvgIpc) is 2.97. The van der Waals surface area contributed by atoms with Crippen LogP contribution in [0.1, 0.15) is 21.5 Å². The van der Waals surface area contributed by atoms with E-state index < -0.39 is 39.1 Å². The Kier molecular flexibility index (Phi) is 9.22. The lowest BCUT2D eigenvalue weighted by molar-refractivity contribution is -0.394. The molecule has 4 rings (SSSR count). The number of hydrazone groups is 1. The van der Waals surface area contributed by atoms with Crippen molar-refractivity contribution in [3.8, 4) is 5.75 Å². The highest BCUT2D eigenvalue weighted by molar-refractivity contribution is 7.98. The van der Waals surface area contributed by atoms with Crippen molar-refractivity contribution in [2.24, 2.45) is 5.10 Å². The highest BCUT2D eigenvalue weighted by Crippen LogP contribution is 2.26. The van der Waals surface area contributed by atoms with E-state index in [9.17, 15) is 34.9 Å². The summed E-state index contributed by atoms with van der Waals surface area (Å²) in [5.74, 6) is -1.03. The van der Waals surface area contributed by atoms with Crippen LogP contribution in [-0.4, -0.2) is 44.8 Å². The van der Waals surface area contributed by atoms with E-state index in [0.717, 1.165) is 29.1 Å². The first-order chi connectivity index (χ1) is 19.7. The molecule has 0 saturated heterocycles. The fraction of sp³-hybridized carbons (Fsp3) is 0.107. The van der Waals surface area contributed by atoms with Crippen molar-refractivity contribution in [1.29, 1.82) is 0 Å². The van der Waals surface area contributed by atoms with Gasteiger partial charge in [-0.3, -0.25) is 29.8 Å². The molecule has 2 amide bonds. The summed E-state index contributed by atoms with van der Waals surface area (Å²) in [6.45, 7) is 0. The number of carbonyl (C=O) groups is 2. The van der Waals surface area contributed by atoms with Crippen LogP contribution in [0.2, 0.25) is 0 Å². The predicted octanol–water partition coefficient (Wildman–Crippen LogP) is 4.54. The minimum absolute atomic E-state index is 0.0442. The number of phenolic OH excluding ortho intramolecular Hbond substituents is 1. The molecule has 0 spiro atoms. The van der Waals surface area contributed by atoms with Crippen LogP contribution in [-0.2, 0) is 10.5 Å². The maximum atomic E-state index is 13.1. The number of aromatic hydroxyl groups is 1. The molecule has 208 valence electrons. The van der Waals surface area contributed by atoms with Gasteiger partial charge in [-0.05, 0) is 22.4 Å². The normalized spacial score (nSPS) is 11.7. The Balaban J connectivity index is 1.54. The fourth-order valence-electron chi connectivity index (χ4n) is 3.89. The molecule has 4 aromatic rings. The molecule has 0 aromatic heterocycles. The van der Waals surface area contributed by atoms with Crippen LogP contribution in [0.15, 0.2) is 90.0 Å². The van der Waals surface area contributed by atoms with Crippen LogP contribution < -0.4 is 10.7 Å². The van der Waals surface area contributed by atoms with Gasteiger partial charge in [-0.1, -0.05) is 60.7 Å². The molecule has 0 unspecified atom stereocenters. The van der Waals surface area contributed by atoms with E-state index in [-0.39, 0.29) is 17.1 Å². The molecule has 1 atom stereocenters. The van der Waals surface area contributed by atoms with Crippen molar-refractivity contribution in [1.82, 2.24) is 10.7 Å². The van der Waals surface area contributed by atoms with E-state index in [1.54, 1.807) is 18.2 Å². The van der Waals surface area contributed by atoms with Crippen LogP contribution in [0.4, 0.5) is 11.4 Å². The standard InChI is InChI=1S/C28H23N5O7S/c34-26-11-10-19-8-4-5-9-23(19)24(26)15-29-31-28(36)25(17-41-16-18-6-2-1-3-7-18)30-27(35)20-12-21(32(37)38)14-22(13-20)33(39)40/h1-15,25,34H,16-17H2,(H,30,35)(H,31,36)/t25-/m0/s1. The Bertz CT molecular complexity index is 1610. The molecular formula is C28H23N5O7S. The molecule has 41 heavy (non-hydrogen) atoms. The number of rotatable bonds is 11. The largest absolute Gasteiger partial charge is 0.507 e. The minimum Gasteiger partial charge on any atom is -0.507 e. The smallest absolute Gasteiger partial charge is 0.277 e. The zero-order valence-electron chi connectivity index (χ0n) is 21.3. The lowest BCUT2D eigenvalue weighted by Gasteiger charge is -2.17. The number of nitro benzene ring substituents is 2. The maximum absolute atomic E-state index is 13.1. The first-order valence-electron chi connectivity index (χ1n) is 12.1. The molecule has 12 nitrogen and oxygen atoms in total. The van der Waals surface area contributed by atoms with Crippen molar-refractivity contribution >= 4 is 51.9 Å². The number of carbonyl (C=O) groups excluding carboxylic acids is 2. The Morgan fingerprint density at radius 2 is 1.59 bits per heavy atom. The van der Waals surface area contributed by atoms with Crippen molar-refractivity contribution in [2.45, 2.75) is 11.8 Å². The van der Waals surface area contributed by atoms with E-state index in [1.165, 1.54) is 24.0 Å². The molecule has 3 N–H and O–H groups in total. The van der Waals surface area contributed by atoms with Crippen molar-refractivity contribution in [3.05, 3.63) is 122 Å². The van der Waals surface area contributed by atoms with Gasteiger partial charge in [0.2, 0.25) is 0 Å². The van der Waals surface area contributed by atoms with Gasteiger partial charge < -0.3 is 10.4 Å².